The lowest BCUT2D eigenvalue weighted by Gasteiger charge is -2.61. The second-order valence-corrected chi connectivity index (χ2v) is 6.97. The molecule has 0 spiro atoms. The van der Waals surface area contributed by atoms with E-state index in [1.807, 2.05) is 0 Å². The summed E-state index contributed by atoms with van der Waals surface area (Å²) in [5, 5.41) is 0. The Hall–Kier alpha value is -0.0800. The molecule has 3 saturated heterocycles. The van der Waals surface area contributed by atoms with Gasteiger partial charge in [-0.25, -0.2) is 0 Å². The topological polar surface area (TPSA) is 0 Å². The first kappa shape index (κ1) is 11.4. The van der Waals surface area contributed by atoms with Crippen molar-refractivity contribution in [2.75, 3.05) is 39.3 Å². The van der Waals surface area contributed by atoms with Gasteiger partial charge >= 0.3 is 0 Å². The molecule has 0 saturated carbocycles. The fourth-order valence-electron chi connectivity index (χ4n) is 3.62. The molecule has 3 heterocycles. The minimum Gasteiger partial charge on any atom is -0.308 e. The van der Waals surface area contributed by atoms with E-state index in [2.05, 4.69) is 34.6 Å². The van der Waals surface area contributed by atoms with E-state index in [0.29, 0.717) is 5.54 Å². The third kappa shape index (κ3) is 1.53. The monoisotopic (exact) mass is 212 g/mol. The maximum Gasteiger partial charge on any atom is 0.129 e. The van der Waals surface area contributed by atoms with E-state index in [-0.39, 0.29) is 0 Å². The molecular formula is C13H28N2+2. The number of rotatable bonds is 1. The molecule has 3 aliphatic heterocycles. The summed E-state index contributed by atoms with van der Waals surface area (Å²) in [4.78, 5) is 0. The largest absolute Gasteiger partial charge is 0.308 e. The fourth-order valence-corrected chi connectivity index (χ4v) is 3.62. The molecule has 0 atom stereocenters. The van der Waals surface area contributed by atoms with Crippen LogP contribution in [0, 0.1) is 0 Å². The average Bonchev–Trinajstić information content (AvgIpc) is 2.19. The number of nitrogens with zero attached hydrogens (tertiary/aromatic N) is 2. The number of fused-ring (bicyclic) bond motifs is 3. The summed E-state index contributed by atoms with van der Waals surface area (Å²) in [6.07, 6.45) is 0. The summed E-state index contributed by atoms with van der Waals surface area (Å²) in [5.41, 5.74) is 0.452. The van der Waals surface area contributed by atoms with Crippen LogP contribution in [0.4, 0.5) is 0 Å². The molecule has 2 nitrogen and oxygen atoms in total. The normalized spacial score (nSPS) is 41.2. The molecule has 0 aromatic heterocycles. The second kappa shape index (κ2) is 3.21. The number of piperazine rings is 3. The zero-order valence-corrected chi connectivity index (χ0v) is 11.2. The summed E-state index contributed by atoms with van der Waals surface area (Å²) in [6, 6.07) is 0.826. The van der Waals surface area contributed by atoms with Crippen molar-refractivity contribution in [3.63, 3.8) is 0 Å². The third-order valence-corrected chi connectivity index (χ3v) is 5.44. The Labute approximate surface area is 95.0 Å². The number of hydrogen-bond acceptors (Lipinski definition) is 0. The zero-order chi connectivity index (χ0) is 11.3. The summed E-state index contributed by atoms with van der Waals surface area (Å²) >= 11 is 0. The standard InChI is InChI=1S/C13H28N2/c1-12(2)14-6-9-15(10-7-14,11-8-14)13(3,4)5/h12H,6-11H2,1-5H3/q+2. The van der Waals surface area contributed by atoms with Crippen LogP contribution >= 0.6 is 0 Å². The molecule has 3 rings (SSSR count). The van der Waals surface area contributed by atoms with Gasteiger partial charge in [0, 0.05) is 0 Å². The van der Waals surface area contributed by atoms with Crippen LogP contribution in [0.3, 0.4) is 0 Å². The van der Waals surface area contributed by atoms with Gasteiger partial charge < -0.3 is 8.97 Å². The molecule has 3 fully saturated rings. The lowest BCUT2D eigenvalue weighted by Crippen LogP contribution is -2.80. The van der Waals surface area contributed by atoms with E-state index in [1.165, 1.54) is 48.2 Å². The highest BCUT2D eigenvalue weighted by molar-refractivity contribution is 4.72. The molecule has 0 amide bonds. The Kier molecular flexibility index (Phi) is 2.44. The van der Waals surface area contributed by atoms with E-state index >= 15 is 0 Å². The van der Waals surface area contributed by atoms with Gasteiger partial charge in [0.2, 0.25) is 0 Å². The maximum absolute atomic E-state index is 2.42. The lowest BCUT2D eigenvalue weighted by molar-refractivity contribution is -1.11. The maximum atomic E-state index is 2.42. The van der Waals surface area contributed by atoms with Crippen LogP contribution in [0.2, 0.25) is 0 Å². The first-order valence-electron chi connectivity index (χ1n) is 6.53. The van der Waals surface area contributed by atoms with Gasteiger partial charge in [0.25, 0.3) is 0 Å². The van der Waals surface area contributed by atoms with Crippen molar-refractivity contribution in [3.05, 3.63) is 0 Å². The Morgan fingerprint density at radius 1 is 0.800 bits per heavy atom. The van der Waals surface area contributed by atoms with Gasteiger partial charge in [0.1, 0.15) is 39.3 Å². The van der Waals surface area contributed by atoms with E-state index in [0.717, 1.165) is 6.04 Å². The first-order valence-corrected chi connectivity index (χ1v) is 6.53. The SMILES string of the molecule is CC(C)[N+]12CC[N+](C(C)(C)C)(CC1)CC2. The molecule has 88 valence electrons. The summed E-state index contributed by atoms with van der Waals surface area (Å²) in [7, 11) is 0. The van der Waals surface area contributed by atoms with E-state index < -0.39 is 0 Å². The van der Waals surface area contributed by atoms with Crippen LogP contribution < -0.4 is 0 Å². The molecule has 2 heteroatoms. The number of hydrogen-bond donors (Lipinski definition) is 0. The molecular weight excluding hydrogens is 184 g/mol. The third-order valence-electron chi connectivity index (χ3n) is 5.44. The van der Waals surface area contributed by atoms with Crippen LogP contribution in [0.15, 0.2) is 0 Å². The van der Waals surface area contributed by atoms with Gasteiger partial charge in [0.15, 0.2) is 0 Å². The Morgan fingerprint density at radius 2 is 1.20 bits per heavy atom. The molecule has 3 aliphatic rings. The molecule has 0 aromatic rings. The van der Waals surface area contributed by atoms with Gasteiger partial charge in [-0.1, -0.05) is 0 Å². The Balaban J connectivity index is 2.18. The molecule has 2 bridgehead atoms. The minimum absolute atomic E-state index is 0.452. The fraction of sp³-hybridized carbons (Fsp3) is 1.00. The van der Waals surface area contributed by atoms with Crippen LogP contribution in [0.1, 0.15) is 34.6 Å². The van der Waals surface area contributed by atoms with Crippen LogP contribution in [-0.2, 0) is 0 Å². The van der Waals surface area contributed by atoms with Crippen LogP contribution in [0.5, 0.6) is 0 Å². The van der Waals surface area contributed by atoms with Crippen LogP contribution in [0.25, 0.3) is 0 Å². The minimum atomic E-state index is 0.452. The first-order chi connectivity index (χ1) is 6.81. The second-order valence-electron chi connectivity index (χ2n) is 6.97. The van der Waals surface area contributed by atoms with Crippen molar-refractivity contribution in [1.29, 1.82) is 0 Å². The number of quaternary nitrogens is 2. The Morgan fingerprint density at radius 3 is 1.47 bits per heavy atom. The van der Waals surface area contributed by atoms with Crippen molar-refractivity contribution in [3.8, 4) is 0 Å². The van der Waals surface area contributed by atoms with Crippen molar-refractivity contribution in [2.24, 2.45) is 0 Å². The van der Waals surface area contributed by atoms with Crippen molar-refractivity contribution >= 4 is 0 Å². The van der Waals surface area contributed by atoms with E-state index in [9.17, 15) is 0 Å². The molecule has 0 radical (unpaired) electrons. The van der Waals surface area contributed by atoms with Crippen molar-refractivity contribution in [2.45, 2.75) is 46.2 Å². The highest BCUT2D eigenvalue weighted by Crippen LogP contribution is 2.35. The summed E-state index contributed by atoms with van der Waals surface area (Å²) in [6.45, 7) is 20.5. The smallest absolute Gasteiger partial charge is 0.129 e. The molecule has 15 heavy (non-hydrogen) atoms. The lowest BCUT2D eigenvalue weighted by atomic mass is 9.93. The van der Waals surface area contributed by atoms with Gasteiger partial charge in [-0.15, -0.1) is 0 Å². The quantitative estimate of drug-likeness (QED) is 0.582. The van der Waals surface area contributed by atoms with Gasteiger partial charge in [0.05, 0.1) is 11.6 Å². The average molecular weight is 212 g/mol. The predicted octanol–water partition coefficient (Wildman–Crippen LogP) is 1.85. The van der Waals surface area contributed by atoms with E-state index in [1.54, 1.807) is 0 Å². The molecule has 0 aromatic carbocycles. The van der Waals surface area contributed by atoms with Crippen molar-refractivity contribution < 1.29 is 8.97 Å². The van der Waals surface area contributed by atoms with Gasteiger partial charge in [-0.2, -0.15) is 0 Å². The van der Waals surface area contributed by atoms with Gasteiger partial charge in [-0.05, 0) is 34.6 Å². The van der Waals surface area contributed by atoms with Crippen molar-refractivity contribution in [1.82, 2.24) is 0 Å². The zero-order valence-electron chi connectivity index (χ0n) is 11.2. The molecule has 0 N–H and O–H groups in total. The Bertz CT molecular complexity index is 225. The van der Waals surface area contributed by atoms with Crippen LogP contribution in [-0.4, -0.2) is 59.8 Å². The van der Waals surface area contributed by atoms with E-state index in [4.69, 9.17) is 0 Å². The van der Waals surface area contributed by atoms with Gasteiger partial charge in [-0.3, -0.25) is 0 Å². The summed E-state index contributed by atoms with van der Waals surface area (Å²) < 4.78 is 2.77. The predicted molar refractivity (Wildman–Crippen MR) is 64.6 cm³/mol. The molecule has 0 aliphatic carbocycles. The highest BCUT2D eigenvalue weighted by atomic mass is 15.6. The summed E-state index contributed by atoms with van der Waals surface area (Å²) in [5.74, 6) is 0. The highest BCUT2D eigenvalue weighted by Gasteiger charge is 2.54. The molecule has 0 unspecified atom stereocenters.